The van der Waals surface area contributed by atoms with Crippen LogP contribution in [-0.2, 0) is 0 Å². The van der Waals surface area contributed by atoms with Crippen LogP contribution in [0, 0.1) is 3.57 Å². The predicted molar refractivity (Wildman–Crippen MR) is 106 cm³/mol. The highest BCUT2D eigenvalue weighted by molar-refractivity contribution is 14.1. The third-order valence-electron chi connectivity index (χ3n) is 3.59. The summed E-state index contributed by atoms with van der Waals surface area (Å²) in [4.78, 5) is 26.6. The molecule has 0 aromatic heterocycles. The molecule has 0 aliphatic heterocycles. The number of carbonyl (C=O) groups excluding carboxylic acids is 2. The largest absolute Gasteiger partial charge is 0.339 e. The lowest BCUT2D eigenvalue weighted by Crippen LogP contribution is -2.30. The number of nitrogens with zero attached hydrogens (tertiary/aromatic N) is 1. The second kappa shape index (κ2) is 8.48. The van der Waals surface area contributed by atoms with Crippen LogP contribution in [0.1, 0.15) is 34.6 Å². The lowest BCUT2D eigenvalue weighted by Gasteiger charge is -2.19. The molecule has 0 aliphatic rings. The van der Waals surface area contributed by atoms with Crippen LogP contribution in [0.15, 0.2) is 42.5 Å². The summed E-state index contributed by atoms with van der Waals surface area (Å²) in [5.74, 6) is -0.303. The minimum atomic E-state index is -0.255. The molecular weight excluding hydrogens is 439 g/mol. The SMILES string of the molecule is CCN(CC)C(=O)c1cccc(NC(=O)c2cc(Cl)ccc2I)c1. The van der Waals surface area contributed by atoms with Crippen LogP contribution in [0.2, 0.25) is 5.02 Å². The van der Waals surface area contributed by atoms with Gasteiger partial charge in [-0.25, -0.2) is 0 Å². The Balaban J connectivity index is 2.22. The Morgan fingerprint density at radius 2 is 1.83 bits per heavy atom. The molecule has 4 nitrogen and oxygen atoms in total. The predicted octanol–water partition coefficient (Wildman–Crippen LogP) is 4.68. The fraction of sp³-hybridized carbons (Fsp3) is 0.222. The van der Waals surface area contributed by atoms with Gasteiger partial charge in [0.05, 0.1) is 5.56 Å². The molecule has 2 rings (SSSR count). The summed E-state index contributed by atoms with van der Waals surface area (Å²) in [5, 5.41) is 3.33. The molecule has 0 radical (unpaired) electrons. The van der Waals surface area contributed by atoms with Gasteiger partial charge in [0.25, 0.3) is 11.8 Å². The van der Waals surface area contributed by atoms with Gasteiger partial charge in [-0.2, -0.15) is 0 Å². The maximum atomic E-state index is 12.4. The van der Waals surface area contributed by atoms with E-state index in [2.05, 4.69) is 27.9 Å². The average molecular weight is 457 g/mol. The maximum absolute atomic E-state index is 12.4. The summed E-state index contributed by atoms with van der Waals surface area (Å²) in [7, 11) is 0. The summed E-state index contributed by atoms with van der Waals surface area (Å²) in [5.41, 5.74) is 1.63. The molecule has 0 spiro atoms. The summed E-state index contributed by atoms with van der Waals surface area (Å²) < 4.78 is 0.810. The van der Waals surface area contributed by atoms with Gasteiger partial charge in [-0.05, 0) is 72.8 Å². The van der Waals surface area contributed by atoms with Crippen LogP contribution >= 0.6 is 34.2 Å². The molecule has 0 heterocycles. The van der Waals surface area contributed by atoms with E-state index in [9.17, 15) is 9.59 Å². The van der Waals surface area contributed by atoms with Crippen molar-refractivity contribution in [2.24, 2.45) is 0 Å². The first-order valence-corrected chi connectivity index (χ1v) is 9.07. The smallest absolute Gasteiger partial charge is 0.256 e. The highest BCUT2D eigenvalue weighted by Gasteiger charge is 2.15. The number of benzene rings is 2. The molecule has 24 heavy (non-hydrogen) atoms. The Bertz CT molecular complexity index is 760. The van der Waals surface area contributed by atoms with E-state index in [0.29, 0.717) is 34.9 Å². The molecule has 0 aliphatic carbocycles. The summed E-state index contributed by atoms with van der Waals surface area (Å²) >= 11 is 8.05. The number of carbonyl (C=O) groups is 2. The third-order valence-corrected chi connectivity index (χ3v) is 4.77. The van der Waals surface area contributed by atoms with Crippen LogP contribution in [-0.4, -0.2) is 29.8 Å². The van der Waals surface area contributed by atoms with Crippen molar-refractivity contribution in [1.82, 2.24) is 4.90 Å². The lowest BCUT2D eigenvalue weighted by molar-refractivity contribution is 0.0772. The van der Waals surface area contributed by atoms with E-state index in [1.54, 1.807) is 47.4 Å². The molecule has 0 unspecified atom stereocenters. The molecule has 0 saturated carbocycles. The lowest BCUT2D eigenvalue weighted by atomic mass is 10.1. The summed E-state index contributed by atoms with van der Waals surface area (Å²) in [6, 6.07) is 12.1. The first-order chi connectivity index (χ1) is 11.5. The third kappa shape index (κ3) is 4.48. The van der Waals surface area contributed by atoms with Crippen LogP contribution in [0.5, 0.6) is 0 Å². The van der Waals surface area contributed by atoms with Crippen molar-refractivity contribution >= 4 is 51.7 Å². The van der Waals surface area contributed by atoms with Gasteiger partial charge in [-0.15, -0.1) is 0 Å². The van der Waals surface area contributed by atoms with E-state index in [-0.39, 0.29) is 11.8 Å². The second-order valence-electron chi connectivity index (χ2n) is 5.14. The van der Waals surface area contributed by atoms with Crippen molar-refractivity contribution in [3.8, 4) is 0 Å². The number of anilines is 1. The fourth-order valence-electron chi connectivity index (χ4n) is 2.29. The zero-order chi connectivity index (χ0) is 17.7. The number of hydrogen-bond acceptors (Lipinski definition) is 2. The minimum Gasteiger partial charge on any atom is -0.339 e. The fourth-order valence-corrected chi connectivity index (χ4v) is 3.05. The van der Waals surface area contributed by atoms with Gasteiger partial charge in [-0.3, -0.25) is 9.59 Å². The Labute approximate surface area is 160 Å². The summed E-state index contributed by atoms with van der Waals surface area (Å²) in [6.45, 7) is 5.17. The molecular formula is C18H18ClIN2O2. The van der Waals surface area contributed by atoms with E-state index in [4.69, 9.17) is 11.6 Å². The molecule has 2 amide bonds. The van der Waals surface area contributed by atoms with E-state index in [1.165, 1.54) is 0 Å². The van der Waals surface area contributed by atoms with Gasteiger partial charge in [-0.1, -0.05) is 17.7 Å². The number of nitrogens with one attached hydrogen (secondary N) is 1. The van der Waals surface area contributed by atoms with Gasteiger partial charge in [0.2, 0.25) is 0 Å². The first-order valence-electron chi connectivity index (χ1n) is 7.62. The molecule has 2 aromatic carbocycles. The van der Waals surface area contributed by atoms with Crippen molar-refractivity contribution in [3.05, 3.63) is 62.2 Å². The zero-order valence-corrected chi connectivity index (χ0v) is 16.4. The van der Waals surface area contributed by atoms with Crippen molar-refractivity contribution in [2.45, 2.75) is 13.8 Å². The van der Waals surface area contributed by atoms with Crippen LogP contribution in [0.3, 0.4) is 0 Å². The monoisotopic (exact) mass is 456 g/mol. The molecule has 2 aromatic rings. The standard InChI is InChI=1S/C18H18ClIN2O2/c1-3-22(4-2)18(24)12-6-5-7-14(10-12)21-17(23)15-11-13(19)8-9-16(15)20/h5-11H,3-4H2,1-2H3,(H,21,23). The number of hydrogen-bond donors (Lipinski definition) is 1. The zero-order valence-electron chi connectivity index (χ0n) is 13.5. The topological polar surface area (TPSA) is 49.4 Å². The Hall–Kier alpha value is -1.60. The minimum absolute atomic E-state index is 0.0477. The molecule has 0 fully saturated rings. The Morgan fingerprint density at radius 1 is 1.12 bits per heavy atom. The van der Waals surface area contributed by atoms with Crippen LogP contribution in [0.4, 0.5) is 5.69 Å². The van der Waals surface area contributed by atoms with Crippen molar-refractivity contribution in [1.29, 1.82) is 0 Å². The normalized spacial score (nSPS) is 10.3. The average Bonchev–Trinajstić information content (AvgIpc) is 2.58. The summed E-state index contributed by atoms with van der Waals surface area (Å²) in [6.07, 6.45) is 0. The van der Waals surface area contributed by atoms with Crippen LogP contribution < -0.4 is 5.32 Å². The molecule has 1 N–H and O–H groups in total. The number of rotatable bonds is 5. The van der Waals surface area contributed by atoms with Gasteiger partial charge in [0.15, 0.2) is 0 Å². The van der Waals surface area contributed by atoms with Crippen molar-refractivity contribution in [2.75, 3.05) is 18.4 Å². The van der Waals surface area contributed by atoms with Gasteiger partial charge in [0.1, 0.15) is 0 Å². The van der Waals surface area contributed by atoms with Crippen molar-refractivity contribution < 1.29 is 9.59 Å². The van der Waals surface area contributed by atoms with Crippen molar-refractivity contribution in [3.63, 3.8) is 0 Å². The molecule has 126 valence electrons. The highest BCUT2D eigenvalue weighted by Crippen LogP contribution is 2.20. The quantitative estimate of drug-likeness (QED) is 0.664. The Morgan fingerprint density at radius 3 is 2.50 bits per heavy atom. The van der Waals surface area contributed by atoms with E-state index in [1.807, 2.05) is 13.8 Å². The van der Waals surface area contributed by atoms with E-state index in [0.717, 1.165) is 3.57 Å². The first kappa shape index (κ1) is 18.7. The molecule has 0 saturated heterocycles. The molecule has 0 bridgehead atoms. The van der Waals surface area contributed by atoms with E-state index < -0.39 is 0 Å². The van der Waals surface area contributed by atoms with Gasteiger partial charge >= 0.3 is 0 Å². The maximum Gasteiger partial charge on any atom is 0.256 e. The number of amides is 2. The highest BCUT2D eigenvalue weighted by atomic mass is 127. The van der Waals surface area contributed by atoms with E-state index >= 15 is 0 Å². The second-order valence-corrected chi connectivity index (χ2v) is 6.74. The number of halogens is 2. The van der Waals surface area contributed by atoms with Gasteiger partial charge < -0.3 is 10.2 Å². The molecule has 0 atom stereocenters. The van der Waals surface area contributed by atoms with Crippen LogP contribution in [0.25, 0.3) is 0 Å². The van der Waals surface area contributed by atoms with Gasteiger partial charge in [0, 0.05) is 32.9 Å². The Kier molecular flexibility index (Phi) is 6.62. The molecule has 6 heteroatoms.